The molecule has 0 unspecified atom stereocenters. The van der Waals surface area contributed by atoms with Crippen LogP contribution in [0.2, 0.25) is 0 Å². The van der Waals surface area contributed by atoms with E-state index in [1.807, 2.05) is 12.1 Å². The van der Waals surface area contributed by atoms with E-state index in [0.717, 1.165) is 31.7 Å². The van der Waals surface area contributed by atoms with Gasteiger partial charge in [0.2, 0.25) is 0 Å². The summed E-state index contributed by atoms with van der Waals surface area (Å²) < 4.78 is 28.5. The van der Waals surface area contributed by atoms with Crippen LogP contribution in [0.1, 0.15) is 20.3 Å². The van der Waals surface area contributed by atoms with E-state index >= 15 is 0 Å². The molecule has 0 atom stereocenters. The van der Waals surface area contributed by atoms with E-state index in [4.69, 9.17) is 0 Å². The fourth-order valence-electron chi connectivity index (χ4n) is 2.37. The van der Waals surface area contributed by atoms with Gasteiger partial charge in [-0.2, -0.15) is 8.78 Å². The van der Waals surface area contributed by atoms with E-state index in [0.29, 0.717) is 0 Å². The molecule has 1 aliphatic rings. The number of halogens is 2. The molecule has 19 heavy (non-hydrogen) atoms. The maximum absolute atomic E-state index is 12.1. The Kier molecular flexibility index (Phi) is 4.24. The van der Waals surface area contributed by atoms with Gasteiger partial charge in [0.15, 0.2) is 0 Å². The highest BCUT2D eigenvalue weighted by atomic mass is 19.3. The first-order valence-corrected chi connectivity index (χ1v) is 6.51. The van der Waals surface area contributed by atoms with Crippen LogP contribution in [0.3, 0.4) is 0 Å². The summed E-state index contributed by atoms with van der Waals surface area (Å²) in [4.78, 5) is 2.27. The number of rotatable bonds is 3. The van der Waals surface area contributed by atoms with Gasteiger partial charge in [-0.15, -0.1) is 0 Å². The molecule has 3 nitrogen and oxygen atoms in total. The number of anilines is 1. The molecular weight excluding hydrogens is 250 g/mol. The Morgan fingerprint density at radius 3 is 2.58 bits per heavy atom. The minimum absolute atomic E-state index is 0.0502. The monoisotopic (exact) mass is 270 g/mol. The first kappa shape index (κ1) is 14.1. The molecule has 2 rings (SSSR count). The van der Waals surface area contributed by atoms with Gasteiger partial charge in [-0.3, -0.25) is 0 Å². The summed E-state index contributed by atoms with van der Waals surface area (Å²) in [6.07, 6.45) is 1.07. The normalized spacial score (nSPS) is 19.3. The van der Waals surface area contributed by atoms with Gasteiger partial charge < -0.3 is 15.0 Å². The average molecular weight is 270 g/mol. The van der Waals surface area contributed by atoms with Gasteiger partial charge in [-0.1, -0.05) is 0 Å². The lowest BCUT2D eigenvalue weighted by Gasteiger charge is -2.31. The standard InChI is InChI=1S/C14H20F2N2O/c1-14(2)10-18(9-3-8-17-14)11-4-6-12(7-5-11)19-13(15)16/h4-7,13,17H,3,8-10H2,1-2H3. The minimum Gasteiger partial charge on any atom is -0.435 e. The Hall–Kier alpha value is -1.36. The smallest absolute Gasteiger partial charge is 0.387 e. The molecule has 0 aliphatic carbocycles. The van der Waals surface area contributed by atoms with Gasteiger partial charge >= 0.3 is 6.61 Å². The van der Waals surface area contributed by atoms with Crippen LogP contribution in [0.15, 0.2) is 24.3 Å². The Balaban J connectivity index is 2.08. The molecule has 1 aromatic carbocycles. The molecule has 0 radical (unpaired) electrons. The molecule has 0 amide bonds. The predicted octanol–water partition coefficient (Wildman–Crippen LogP) is 2.87. The van der Waals surface area contributed by atoms with Crippen molar-refractivity contribution in [2.45, 2.75) is 32.4 Å². The Morgan fingerprint density at radius 1 is 1.26 bits per heavy atom. The van der Waals surface area contributed by atoms with Crippen molar-refractivity contribution in [2.75, 3.05) is 24.5 Å². The molecule has 1 saturated heterocycles. The molecule has 1 aliphatic heterocycles. The van der Waals surface area contributed by atoms with Crippen LogP contribution in [0.5, 0.6) is 5.75 Å². The van der Waals surface area contributed by atoms with Crippen molar-refractivity contribution in [3.8, 4) is 5.75 Å². The fourth-order valence-corrected chi connectivity index (χ4v) is 2.37. The molecule has 1 N–H and O–H groups in total. The largest absolute Gasteiger partial charge is 0.435 e. The first-order chi connectivity index (χ1) is 8.96. The maximum Gasteiger partial charge on any atom is 0.387 e. The van der Waals surface area contributed by atoms with Gasteiger partial charge in [0, 0.05) is 24.3 Å². The van der Waals surface area contributed by atoms with Crippen molar-refractivity contribution >= 4 is 5.69 Å². The minimum atomic E-state index is -2.77. The quantitative estimate of drug-likeness (QED) is 0.914. The highest BCUT2D eigenvalue weighted by Crippen LogP contribution is 2.23. The van der Waals surface area contributed by atoms with Gasteiger partial charge in [-0.25, -0.2) is 0 Å². The van der Waals surface area contributed by atoms with Gasteiger partial charge in [0.1, 0.15) is 5.75 Å². The molecule has 1 aromatic rings. The van der Waals surface area contributed by atoms with Crippen molar-refractivity contribution in [1.82, 2.24) is 5.32 Å². The van der Waals surface area contributed by atoms with Crippen molar-refractivity contribution < 1.29 is 13.5 Å². The van der Waals surface area contributed by atoms with Crippen LogP contribution in [0, 0.1) is 0 Å². The van der Waals surface area contributed by atoms with E-state index in [-0.39, 0.29) is 11.3 Å². The summed E-state index contributed by atoms with van der Waals surface area (Å²) in [5.74, 6) is 0.200. The number of nitrogens with zero attached hydrogens (tertiary/aromatic N) is 1. The zero-order valence-electron chi connectivity index (χ0n) is 11.3. The summed E-state index contributed by atoms with van der Waals surface area (Å²) in [6.45, 7) is 4.41. The second-order valence-corrected chi connectivity index (χ2v) is 5.46. The first-order valence-electron chi connectivity index (χ1n) is 6.51. The van der Waals surface area contributed by atoms with E-state index in [2.05, 4.69) is 28.8 Å². The Morgan fingerprint density at radius 2 is 1.95 bits per heavy atom. The maximum atomic E-state index is 12.1. The Bertz CT molecular complexity index is 406. The molecular formula is C14H20F2N2O. The lowest BCUT2D eigenvalue weighted by atomic mass is 10.1. The number of ether oxygens (including phenoxy) is 1. The van der Waals surface area contributed by atoms with Crippen molar-refractivity contribution in [3.63, 3.8) is 0 Å². The molecule has 0 bridgehead atoms. The summed E-state index contributed by atoms with van der Waals surface area (Å²) in [5, 5.41) is 3.49. The third-order valence-electron chi connectivity index (χ3n) is 3.22. The predicted molar refractivity (Wildman–Crippen MR) is 72.0 cm³/mol. The number of hydrogen-bond donors (Lipinski definition) is 1. The molecule has 0 saturated carbocycles. The topological polar surface area (TPSA) is 24.5 Å². The third-order valence-corrected chi connectivity index (χ3v) is 3.22. The second kappa shape index (κ2) is 5.74. The van der Waals surface area contributed by atoms with Crippen LogP contribution in [-0.4, -0.2) is 31.8 Å². The van der Waals surface area contributed by atoms with Gasteiger partial charge in [0.25, 0.3) is 0 Å². The molecule has 106 valence electrons. The summed E-state index contributed by atoms with van der Waals surface area (Å²) in [7, 11) is 0. The van der Waals surface area contributed by atoms with Crippen LogP contribution >= 0.6 is 0 Å². The number of nitrogens with one attached hydrogen (secondary N) is 1. The van der Waals surface area contributed by atoms with Crippen molar-refractivity contribution in [1.29, 1.82) is 0 Å². The van der Waals surface area contributed by atoms with Crippen molar-refractivity contribution in [2.24, 2.45) is 0 Å². The number of hydrogen-bond acceptors (Lipinski definition) is 3. The number of benzene rings is 1. The Labute approximate surface area is 112 Å². The number of alkyl halides is 2. The lowest BCUT2D eigenvalue weighted by molar-refractivity contribution is -0.0498. The van der Waals surface area contributed by atoms with E-state index < -0.39 is 6.61 Å². The van der Waals surface area contributed by atoms with E-state index in [9.17, 15) is 8.78 Å². The van der Waals surface area contributed by atoms with Crippen molar-refractivity contribution in [3.05, 3.63) is 24.3 Å². The van der Waals surface area contributed by atoms with Crippen LogP contribution in [-0.2, 0) is 0 Å². The van der Waals surface area contributed by atoms with Crippen LogP contribution in [0.4, 0.5) is 14.5 Å². The third kappa shape index (κ3) is 4.06. The highest BCUT2D eigenvalue weighted by molar-refractivity contribution is 5.49. The SMILES string of the molecule is CC1(C)CN(c2ccc(OC(F)F)cc2)CCCN1. The zero-order valence-corrected chi connectivity index (χ0v) is 11.3. The van der Waals surface area contributed by atoms with E-state index in [1.54, 1.807) is 12.1 Å². The average Bonchev–Trinajstić information content (AvgIpc) is 2.50. The second-order valence-electron chi connectivity index (χ2n) is 5.46. The van der Waals surface area contributed by atoms with E-state index in [1.165, 1.54) is 0 Å². The summed E-state index contributed by atoms with van der Waals surface area (Å²) in [6, 6.07) is 6.85. The lowest BCUT2D eigenvalue weighted by Crippen LogP contribution is -2.46. The molecule has 0 spiro atoms. The highest BCUT2D eigenvalue weighted by Gasteiger charge is 2.24. The van der Waals surface area contributed by atoms with Crippen LogP contribution in [0.25, 0.3) is 0 Å². The molecule has 5 heteroatoms. The van der Waals surface area contributed by atoms with Crippen LogP contribution < -0.4 is 15.0 Å². The molecule has 0 aromatic heterocycles. The summed E-state index contributed by atoms with van der Waals surface area (Å²) >= 11 is 0. The molecule has 1 heterocycles. The summed E-state index contributed by atoms with van der Waals surface area (Å²) in [5.41, 5.74) is 1.09. The fraction of sp³-hybridized carbons (Fsp3) is 0.571. The molecule has 1 fully saturated rings. The van der Waals surface area contributed by atoms with Gasteiger partial charge in [-0.05, 0) is 51.1 Å². The zero-order chi connectivity index (χ0) is 13.9. The van der Waals surface area contributed by atoms with Gasteiger partial charge in [0.05, 0.1) is 0 Å².